The maximum absolute atomic E-state index is 0. The van der Waals surface area contributed by atoms with Gasteiger partial charge in [-0.15, -0.1) is 0 Å². The molecule has 6 heavy (non-hydrogen) atoms. The summed E-state index contributed by atoms with van der Waals surface area (Å²) < 4.78 is 0. The van der Waals surface area contributed by atoms with E-state index in [1.165, 1.54) is 0 Å². The van der Waals surface area contributed by atoms with Gasteiger partial charge in [-0.2, -0.15) is 0 Å². The maximum Gasteiger partial charge on any atom is 0 e. The van der Waals surface area contributed by atoms with Gasteiger partial charge in [-0.25, -0.2) is 0 Å². The van der Waals surface area contributed by atoms with Crippen LogP contribution in [0.1, 0.15) is 0 Å². The van der Waals surface area contributed by atoms with Crippen molar-refractivity contribution in [3.8, 4) is 0 Å². The first-order chi connectivity index (χ1) is 0. The summed E-state index contributed by atoms with van der Waals surface area (Å²) in [5.41, 5.74) is 0. The van der Waals surface area contributed by atoms with Crippen LogP contribution in [-0.4, -0.2) is 27.3 Å². The topological polar surface area (TPSA) is 0 Å². The van der Waals surface area contributed by atoms with Crippen LogP contribution in [-0.2, 0) is 0 Å². The van der Waals surface area contributed by atoms with Gasteiger partial charge < -0.3 is 0 Å². The monoisotopic (exact) mass is 98.1 g/mol. The van der Waals surface area contributed by atoms with Crippen molar-refractivity contribution in [2.24, 2.45) is 0 Å². The zero-order valence-electron chi connectivity index (χ0n) is 3.21. The fourth-order valence-corrected chi connectivity index (χ4v) is 0. The van der Waals surface area contributed by atoms with E-state index in [0.29, 0.717) is 0 Å². The molecular weight excluding hydrogens is 93.7 g/mol. The predicted molar refractivity (Wildman–Crippen MR) is 21.5 cm³/mol. The van der Waals surface area contributed by atoms with Crippen LogP contribution in [0, 0.1) is 0 Å². The van der Waals surface area contributed by atoms with Crippen LogP contribution in [0.25, 0.3) is 0 Å². The summed E-state index contributed by atoms with van der Waals surface area (Å²) in [6.07, 6.45) is 0. The van der Waals surface area contributed by atoms with Crippen LogP contribution in [0.4, 0.5) is 18.8 Å². The van der Waals surface area contributed by atoms with Crippen LogP contribution in [0.2, 0.25) is 0 Å². The molecule has 0 aliphatic carbocycles. The number of hydrogen-bond acceptors (Lipinski definition) is 0. The normalized spacial score (nSPS) is 0. The second-order valence-electron chi connectivity index (χ2n) is 0. The van der Waals surface area contributed by atoms with Crippen LogP contribution < -0.4 is 0 Å². The van der Waals surface area contributed by atoms with Gasteiger partial charge in [0.25, 0.3) is 0 Å². The SMILES string of the molecule is F.F.F.F.[B].[Li]. The molecule has 0 saturated heterocycles. The third-order valence-corrected chi connectivity index (χ3v) is 0. The summed E-state index contributed by atoms with van der Waals surface area (Å²) in [5, 5.41) is 0. The van der Waals surface area contributed by atoms with Gasteiger partial charge in [0.1, 0.15) is 0 Å². The van der Waals surface area contributed by atoms with Gasteiger partial charge in [-0.1, -0.05) is 0 Å². The van der Waals surface area contributed by atoms with Crippen molar-refractivity contribution in [1.82, 2.24) is 0 Å². The number of halogens is 4. The van der Waals surface area contributed by atoms with Crippen LogP contribution >= 0.6 is 0 Å². The Bertz CT molecular complexity index is 7.51. The molecule has 0 fully saturated rings. The molecular formula is H4BF4Li. The Morgan fingerprint density at radius 1 is 0.500 bits per heavy atom. The van der Waals surface area contributed by atoms with Crippen LogP contribution in [0.3, 0.4) is 0 Å². The minimum absolute atomic E-state index is 0. The molecule has 0 rings (SSSR count). The third-order valence-electron chi connectivity index (χ3n) is 0. The van der Waals surface area contributed by atoms with Gasteiger partial charge in [0.2, 0.25) is 0 Å². The number of rotatable bonds is 0. The van der Waals surface area contributed by atoms with E-state index in [4.69, 9.17) is 0 Å². The zero-order valence-corrected chi connectivity index (χ0v) is 3.21. The smallest absolute Gasteiger partial charge is 0 e. The summed E-state index contributed by atoms with van der Waals surface area (Å²) in [6, 6.07) is 0. The summed E-state index contributed by atoms with van der Waals surface area (Å²) >= 11 is 0. The molecule has 0 amide bonds. The Hall–Kier alpha value is 0.382. The molecule has 0 aliphatic rings. The van der Waals surface area contributed by atoms with E-state index in [0.717, 1.165) is 0 Å². The average Bonchev–Trinajstić information content (AvgIpc) is 0. The Morgan fingerprint density at radius 3 is 0.500 bits per heavy atom. The summed E-state index contributed by atoms with van der Waals surface area (Å²) in [4.78, 5) is 0. The molecule has 0 aromatic carbocycles. The second-order valence-corrected chi connectivity index (χ2v) is 0. The molecule has 0 N–H and O–H groups in total. The van der Waals surface area contributed by atoms with Gasteiger partial charge in [0.05, 0.1) is 0 Å². The molecule has 0 unspecified atom stereocenters. The van der Waals surface area contributed by atoms with E-state index < -0.39 is 0 Å². The number of hydrogen-bond donors (Lipinski definition) is 0. The Balaban J connectivity index is 0. The van der Waals surface area contributed by atoms with E-state index in [2.05, 4.69) is 0 Å². The van der Waals surface area contributed by atoms with E-state index >= 15 is 0 Å². The van der Waals surface area contributed by atoms with Crippen molar-refractivity contribution in [1.29, 1.82) is 0 Å². The molecule has 0 spiro atoms. The van der Waals surface area contributed by atoms with Crippen molar-refractivity contribution in [2.45, 2.75) is 0 Å². The molecule has 0 aromatic heterocycles. The average molecular weight is 97.8 g/mol. The molecule has 6 heteroatoms. The first kappa shape index (κ1) is 1260. The van der Waals surface area contributed by atoms with Crippen molar-refractivity contribution < 1.29 is 18.8 Å². The van der Waals surface area contributed by atoms with E-state index in [1.807, 2.05) is 0 Å². The first-order valence-corrected chi connectivity index (χ1v) is 0. The van der Waals surface area contributed by atoms with Gasteiger partial charge in [0.15, 0.2) is 0 Å². The standard InChI is InChI=1S/B.4FH.Li/h;4*1H;. The molecule has 4 radical (unpaired) electrons. The molecule has 0 bridgehead atoms. The predicted octanol–water partition coefficient (Wildman–Crippen LogP) is -0.152. The molecule has 0 heterocycles. The summed E-state index contributed by atoms with van der Waals surface area (Å²) in [5.74, 6) is 0. The Labute approximate surface area is 46.9 Å². The first-order valence-electron chi connectivity index (χ1n) is 0. The fraction of sp³-hybridized carbons (Fsp3) is 0. The van der Waals surface area contributed by atoms with E-state index in [1.54, 1.807) is 0 Å². The van der Waals surface area contributed by atoms with Crippen molar-refractivity contribution in [3.63, 3.8) is 0 Å². The summed E-state index contributed by atoms with van der Waals surface area (Å²) in [7, 11) is 0. The van der Waals surface area contributed by atoms with Gasteiger partial charge in [-0.05, 0) is 0 Å². The zero-order chi connectivity index (χ0) is 0. The second kappa shape index (κ2) is 707. The van der Waals surface area contributed by atoms with E-state index in [9.17, 15) is 0 Å². The third kappa shape index (κ3) is 343. The van der Waals surface area contributed by atoms with Crippen molar-refractivity contribution in [3.05, 3.63) is 0 Å². The quantitative estimate of drug-likeness (QED) is 0.292. The Morgan fingerprint density at radius 2 is 0.500 bits per heavy atom. The van der Waals surface area contributed by atoms with Crippen LogP contribution in [0.15, 0.2) is 0 Å². The largest absolute Gasteiger partial charge is 0.269 e. The summed E-state index contributed by atoms with van der Waals surface area (Å²) in [6.45, 7) is 0. The van der Waals surface area contributed by atoms with Gasteiger partial charge in [0, 0.05) is 27.3 Å². The fourth-order valence-electron chi connectivity index (χ4n) is 0. The van der Waals surface area contributed by atoms with Gasteiger partial charge >= 0.3 is 0 Å². The maximum atomic E-state index is 0. The van der Waals surface area contributed by atoms with Gasteiger partial charge in [-0.3, -0.25) is 18.8 Å². The molecule has 0 aliphatic heterocycles. The Kier molecular flexibility index (Phi) is 149000. The molecule has 0 saturated carbocycles. The minimum atomic E-state index is 0. The molecule has 0 nitrogen and oxygen atoms in total. The minimum Gasteiger partial charge on any atom is -0.269 e. The van der Waals surface area contributed by atoms with Crippen LogP contribution in [0.5, 0.6) is 0 Å². The van der Waals surface area contributed by atoms with E-state index in [-0.39, 0.29) is 46.1 Å². The molecule has 0 aromatic rings. The molecule has 0 atom stereocenters. The molecule has 36 valence electrons. The van der Waals surface area contributed by atoms with Crippen molar-refractivity contribution in [2.75, 3.05) is 0 Å². The van der Waals surface area contributed by atoms with Crippen molar-refractivity contribution >= 4 is 27.3 Å².